The van der Waals surface area contributed by atoms with Gasteiger partial charge in [-0.15, -0.1) is 0 Å². The summed E-state index contributed by atoms with van der Waals surface area (Å²) in [5.41, 5.74) is 6.55. The van der Waals surface area contributed by atoms with E-state index in [1.54, 1.807) is 0 Å². The van der Waals surface area contributed by atoms with Crippen LogP contribution in [0.3, 0.4) is 0 Å². The summed E-state index contributed by atoms with van der Waals surface area (Å²) in [5, 5.41) is 24.4. The molecule has 1 atom stereocenters. The second-order valence-electron chi connectivity index (χ2n) is 5.44. The summed E-state index contributed by atoms with van der Waals surface area (Å²) in [6.07, 6.45) is 0. The molecule has 0 radical (unpaired) electrons. The summed E-state index contributed by atoms with van der Waals surface area (Å²) < 4.78 is 0. The van der Waals surface area contributed by atoms with E-state index >= 15 is 0 Å². The fourth-order valence-corrected chi connectivity index (χ4v) is 1.76. The Morgan fingerprint density at radius 2 is 2.00 bits per heavy atom. The third-order valence-corrected chi connectivity index (χ3v) is 3.05. The number of aliphatic hydroxyl groups excluding tert-OH is 1. The number of hydrogen-bond acceptors (Lipinski definition) is 4. The Balaban J connectivity index is 2.68. The minimum atomic E-state index is -0.188. The maximum atomic E-state index is 9.20. The van der Waals surface area contributed by atoms with Crippen molar-refractivity contribution in [1.29, 1.82) is 0 Å². The number of rotatable bonds is 7. The molecule has 0 aliphatic heterocycles. The SMILES string of the molecule is CC(C)(CO)CNCC(/C(N)=N/O)c1ccccc1. The molecule has 0 saturated heterocycles. The van der Waals surface area contributed by atoms with Gasteiger partial charge in [-0.2, -0.15) is 0 Å². The topological polar surface area (TPSA) is 90.9 Å². The Labute approximate surface area is 114 Å². The van der Waals surface area contributed by atoms with Gasteiger partial charge in [0.25, 0.3) is 0 Å². The molecule has 106 valence electrons. The minimum Gasteiger partial charge on any atom is -0.409 e. The average molecular weight is 265 g/mol. The molecule has 0 heterocycles. The molecule has 0 amide bonds. The van der Waals surface area contributed by atoms with Gasteiger partial charge in [-0.25, -0.2) is 0 Å². The van der Waals surface area contributed by atoms with Gasteiger partial charge in [0.1, 0.15) is 5.84 Å². The molecule has 1 unspecified atom stereocenters. The van der Waals surface area contributed by atoms with Gasteiger partial charge < -0.3 is 21.4 Å². The summed E-state index contributed by atoms with van der Waals surface area (Å²) in [6, 6.07) is 9.66. The molecule has 0 bridgehead atoms. The average Bonchev–Trinajstić information content (AvgIpc) is 2.44. The van der Waals surface area contributed by atoms with Crippen molar-refractivity contribution in [2.24, 2.45) is 16.3 Å². The molecule has 1 aromatic rings. The molecule has 1 aromatic carbocycles. The highest BCUT2D eigenvalue weighted by atomic mass is 16.4. The summed E-state index contributed by atoms with van der Waals surface area (Å²) in [4.78, 5) is 0. The summed E-state index contributed by atoms with van der Waals surface area (Å²) in [5.74, 6) is 0.00111. The Morgan fingerprint density at radius 3 is 2.53 bits per heavy atom. The van der Waals surface area contributed by atoms with Crippen LogP contribution in [-0.4, -0.2) is 35.8 Å². The Morgan fingerprint density at radius 1 is 1.37 bits per heavy atom. The quantitative estimate of drug-likeness (QED) is 0.257. The van der Waals surface area contributed by atoms with Crippen molar-refractivity contribution in [2.75, 3.05) is 19.7 Å². The Kier molecular flexibility index (Phi) is 5.79. The zero-order valence-corrected chi connectivity index (χ0v) is 11.5. The van der Waals surface area contributed by atoms with Crippen molar-refractivity contribution < 1.29 is 10.3 Å². The van der Waals surface area contributed by atoms with Crippen LogP contribution in [-0.2, 0) is 0 Å². The van der Waals surface area contributed by atoms with Crippen LogP contribution in [0.25, 0.3) is 0 Å². The fraction of sp³-hybridized carbons (Fsp3) is 0.500. The normalized spacial score (nSPS) is 14.4. The van der Waals surface area contributed by atoms with E-state index in [4.69, 9.17) is 10.9 Å². The van der Waals surface area contributed by atoms with E-state index in [0.717, 1.165) is 5.56 Å². The van der Waals surface area contributed by atoms with Gasteiger partial charge in [0.2, 0.25) is 0 Å². The zero-order chi connectivity index (χ0) is 14.3. The monoisotopic (exact) mass is 265 g/mol. The molecule has 0 spiro atoms. The van der Waals surface area contributed by atoms with E-state index in [-0.39, 0.29) is 23.8 Å². The standard InChI is InChI=1S/C14H23N3O2/c1-14(2,10-18)9-16-8-12(13(15)17-19)11-6-4-3-5-7-11/h3-7,12,16,18-19H,8-10H2,1-2H3,(H2,15,17). The molecular weight excluding hydrogens is 242 g/mol. The lowest BCUT2D eigenvalue weighted by Crippen LogP contribution is -2.37. The Bertz CT molecular complexity index is 404. The third kappa shape index (κ3) is 4.89. The van der Waals surface area contributed by atoms with Crippen LogP contribution in [0.1, 0.15) is 25.3 Å². The van der Waals surface area contributed by atoms with E-state index in [0.29, 0.717) is 13.1 Å². The predicted octanol–water partition coefficient (Wildman–Crippen LogP) is 1.12. The van der Waals surface area contributed by atoms with Gasteiger partial charge in [0.05, 0.1) is 5.92 Å². The maximum absolute atomic E-state index is 9.20. The smallest absolute Gasteiger partial charge is 0.147 e. The molecule has 0 aliphatic carbocycles. The zero-order valence-electron chi connectivity index (χ0n) is 11.5. The van der Waals surface area contributed by atoms with E-state index in [1.165, 1.54) is 0 Å². The van der Waals surface area contributed by atoms with E-state index in [9.17, 15) is 5.11 Å². The number of nitrogens with zero attached hydrogens (tertiary/aromatic N) is 1. The lowest BCUT2D eigenvalue weighted by Gasteiger charge is -2.24. The first kappa shape index (κ1) is 15.5. The van der Waals surface area contributed by atoms with Crippen molar-refractivity contribution in [3.05, 3.63) is 35.9 Å². The van der Waals surface area contributed by atoms with Gasteiger partial charge in [-0.1, -0.05) is 49.3 Å². The first-order valence-corrected chi connectivity index (χ1v) is 6.34. The van der Waals surface area contributed by atoms with Crippen molar-refractivity contribution in [1.82, 2.24) is 5.32 Å². The molecule has 0 fully saturated rings. The number of benzene rings is 1. The fourth-order valence-electron chi connectivity index (χ4n) is 1.76. The first-order chi connectivity index (χ1) is 9.00. The molecule has 5 nitrogen and oxygen atoms in total. The first-order valence-electron chi connectivity index (χ1n) is 6.34. The number of aliphatic hydroxyl groups is 1. The van der Waals surface area contributed by atoms with Crippen LogP contribution in [0.2, 0.25) is 0 Å². The van der Waals surface area contributed by atoms with E-state index in [2.05, 4.69) is 10.5 Å². The summed E-state index contributed by atoms with van der Waals surface area (Å²) >= 11 is 0. The predicted molar refractivity (Wildman–Crippen MR) is 76.3 cm³/mol. The molecule has 0 aromatic heterocycles. The van der Waals surface area contributed by atoms with Crippen molar-refractivity contribution >= 4 is 5.84 Å². The third-order valence-electron chi connectivity index (χ3n) is 3.05. The van der Waals surface area contributed by atoms with E-state index in [1.807, 2.05) is 44.2 Å². The summed E-state index contributed by atoms with van der Waals surface area (Å²) in [7, 11) is 0. The Hall–Kier alpha value is -1.59. The second kappa shape index (κ2) is 7.11. The molecule has 1 rings (SSSR count). The van der Waals surface area contributed by atoms with Crippen LogP contribution >= 0.6 is 0 Å². The van der Waals surface area contributed by atoms with Crippen molar-refractivity contribution in [2.45, 2.75) is 19.8 Å². The van der Waals surface area contributed by atoms with Crippen LogP contribution in [0.4, 0.5) is 0 Å². The van der Waals surface area contributed by atoms with E-state index < -0.39 is 0 Å². The van der Waals surface area contributed by atoms with Gasteiger partial charge >= 0.3 is 0 Å². The number of oxime groups is 1. The van der Waals surface area contributed by atoms with Gasteiger partial charge in [-0.3, -0.25) is 0 Å². The van der Waals surface area contributed by atoms with Crippen LogP contribution in [0, 0.1) is 5.41 Å². The minimum absolute atomic E-state index is 0.111. The number of hydrogen-bond donors (Lipinski definition) is 4. The number of amidine groups is 1. The lowest BCUT2D eigenvalue weighted by molar-refractivity contribution is 0.157. The highest BCUT2D eigenvalue weighted by molar-refractivity contribution is 5.87. The highest BCUT2D eigenvalue weighted by Crippen LogP contribution is 2.16. The summed E-state index contributed by atoms with van der Waals surface area (Å²) in [6.45, 7) is 5.27. The van der Waals surface area contributed by atoms with Crippen LogP contribution in [0.5, 0.6) is 0 Å². The van der Waals surface area contributed by atoms with Gasteiger partial charge in [-0.05, 0) is 5.56 Å². The van der Waals surface area contributed by atoms with Crippen molar-refractivity contribution in [3.8, 4) is 0 Å². The van der Waals surface area contributed by atoms with Crippen LogP contribution in [0.15, 0.2) is 35.5 Å². The molecule has 5 N–H and O–H groups in total. The molecule has 0 saturated carbocycles. The number of nitrogens with two attached hydrogens (primary N) is 1. The van der Waals surface area contributed by atoms with Crippen LogP contribution < -0.4 is 11.1 Å². The maximum Gasteiger partial charge on any atom is 0.147 e. The lowest BCUT2D eigenvalue weighted by atomic mass is 9.93. The van der Waals surface area contributed by atoms with Crippen molar-refractivity contribution in [3.63, 3.8) is 0 Å². The molecule has 0 aliphatic rings. The molecule has 19 heavy (non-hydrogen) atoms. The largest absolute Gasteiger partial charge is 0.409 e. The second-order valence-corrected chi connectivity index (χ2v) is 5.44. The van der Waals surface area contributed by atoms with Gasteiger partial charge in [0.15, 0.2) is 0 Å². The number of nitrogens with one attached hydrogen (secondary N) is 1. The molecular formula is C14H23N3O2. The highest BCUT2D eigenvalue weighted by Gasteiger charge is 2.19. The molecule has 5 heteroatoms. The van der Waals surface area contributed by atoms with Gasteiger partial charge in [0, 0.05) is 25.1 Å².